The number of ether oxygens (including phenoxy) is 1. The van der Waals surface area contributed by atoms with Gasteiger partial charge < -0.3 is 4.74 Å². The van der Waals surface area contributed by atoms with E-state index in [0.717, 1.165) is 0 Å². The topological polar surface area (TPSA) is 97.0 Å². The molecule has 2 aromatic rings. The fourth-order valence-electron chi connectivity index (χ4n) is 1.40. The average Bonchev–Trinajstić information content (AvgIpc) is 2.99. The fraction of sp³-hybridized carbons (Fsp3) is 0.273. The van der Waals surface area contributed by atoms with Gasteiger partial charge in [0.2, 0.25) is 0 Å². The van der Waals surface area contributed by atoms with Crippen molar-refractivity contribution in [2.45, 2.75) is 13.3 Å². The van der Waals surface area contributed by atoms with Crippen LogP contribution in [0.2, 0.25) is 5.02 Å². The van der Waals surface area contributed by atoms with Gasteiger partial charge in [-0.1, -0.05) is 11.6 Å². The number of hydrogen-bond acceptors (Lipinski definition) is 6. The Hall–Kier alpha value is -1.93. The number of aromatic nitrogens is 3. The zero-order chi connectivity index (χ0) is 14.5. The Bertz CT molecular complexity index is 625. The zero-order valence-electron chi connectivity index (χ0n) is 10.5. The molecule has 7 nitrogen and oxygen atoms in total. The highest BCUT2D eigenvalue weighted by molar-refractivity contribution is 7.14. The molecule has 1 amide bonds. The maximum atomic E-state index is 11.8. The van der Waals surface area contributed by atoms with E-state index in [9.17, 15) is 9.59 Å². The molecule has 0 radical (unpaired) electrons. The van der Waals surface area contributed by atoms with Gasteiger partial charge in [-0.25, -0.2) is 4.98 Å². The minimum atomic E-state index is -0.440. The second-order valence-electron chi connectivity index (χ2n) is 3.67. The van der Waals surface area contributed by atoms with Gasteiger partial charge in [-0.2, -0.15) is 5.10 Å². The number of carbonyl (C=O) groups is 2. The molecule has 0 aliphatic heterocycles. The molecule has 2 aromatic heterocycles. The third-order valence-corrected chi connectivity index (χ3v) is 3.32. The standard InChI is InChI=1S/C11H11ClN4O3S/c1-2-19-8(17)3-6-5-20-11(14-6)15-10(18)9-7(12)4-13-16-9/h4-5H,2-3H2,1H3,(H,13,16)(H,14,15,18). The van der Waals surface area contributed by atoms with Crippen LogP contribution in [0.3, 0.4) is 0 Å². The van der Waals surface area contributed by atoms with E-state index < -0.39 is 5.91 Å². The van der Waals surface area contributed by atoms with Gasteiger partial charge in [0.15, 0.2) is 5.13 Å². The highest BCUT2D eigenvalue weighted by Crippen LogP contribution is 2.18. The van der Waals surface area contributed by atoms with Crippen LogP contribution in [0.25, 0.3) is 0 Å². The first-order valence-corrected chi connectivity index (χ1v) is 6.96. The van der Waals surface area contributed by atoms with E-state index in [1.54, 1.807) is 12.3 Å². The molecule has 0 spiro atoms. The lowest BCUT2D eigenvalue weighted by atomic mass is 10.3. The van der Waals surface area contributed by atoms with E-state index in [0.29, 0.717) is 17.4 Å². The Morgan fingerprint density at radius 2 is 2.35 bits per heavy atom. The molecule has 0 aromatic carbocycles. The number of thiazole rings is 1. The van der Waals surface area contributed by atoms with E-state index >= 15 is 0 Å². The highest BCUT2D eigenvalue weighted by atomic mass is 35.5. The molecular formula is C11H11ClN4O3S. The van der Waals surface area contributed by atoms with Crippen LogP contribution < -0.4 is 5.32 Å². The second kappa shape index (κ2) is 6.49. The normalized spacial score (nSPS) is 10.3. The molecular weight excluding hydrogens is 304 g/mol. The SMILES string of the molecule is CCOC(=O)Cc1csc(NC(=O)c2[nH]ncc2Cl)n1. The lowest BCUT2D eigenvalue weighted by Crippen LogP contribution is -2.13. The van der Waals surface area contributed by atoms with Crippen LogP contribution in [0, 0.1) is 0 Å². The molecule has 2 rings (SSSR count). The molecule has 0 unspecified atom stereocenters. The van der Waals surface area contributed by atoms with E-state index in [2.05, 4.69) is 20.5 Å². The molecule has 0 saturated carbocycles. The van der Waals surface area contributed by atoms with Gasteiger partial charge in [0.05, 0.1) is 29.9 Å². The number of esters is 1. The van der Waals surface area contributed by atoms with Gasteiger partial charge in [0.25, 0.3) is 5.91 Å². The number of hydrogen-bond donors (Lipinski definition) is 2. The third-order valence-electron chi connectivity index (χ3n) is 2.22. The van der Waals surface area contributed by atoms with Crippen molar-refractivity contribution in [2.24, 2.45) is 0 Å². The van der Waals surface area contributed by atoms with Crippen molar-refractivity contribution in [3.63, 3.8) is 0 Å². The number of nitrogens with one attached hydrogen (secondary N) is 2. The van der Waals surface area contributed by atoms with Crippen molar-refractivity contribution >= 4 is 39.9 Å². The number of carbonyl (C=O) groups excluding carboxylic acids is 2. The summed E-state index contributed by atoms with van der Waals surface area (Å²) < 4.78 is 4.82. The van der Waals surface area contributed by atoms with Crippen LogP contribution in [0.4, 0.5) is 5.13 Å². The first kappa shape index (κ1) is 14.5. The third kappa shape index (κ3) is 3.55. The largest absolute Gasteiger partial charge is 0.466 e. The smallest absolute Gasteiger partial charge is 0.311 e. The van der Waals surface area contributed by atoms with Crippen LogP contribution in [0.15, 0.2) is 11.6 Å². The Balaban J connectivity index is 1.98. The van der Waals surface area contributed by atoms with Crippen LogP contribution >= 0.6 is 22.9 Å². The van der Waals surface area contributed by atoms with E-state index in [4.69, 9.17) is 16.3 Å². The minimum absolute atomic E-state index is 0.0744. The summed E-state index contributed by atoms with van der Waals surface area (Å²) in [4.78, 5) is 27.3. The Morgan fingerprint density at radius 3 is 3.00 bits per heavy atom. The quantitative estimate of drug-likeness (QED) is 0.821. The molecule has 0 aliphatic rings. The molecule has 0 saturated heterocycles. The molecule has 106 valence electrons. The molecule has 0 bridgehead atoms. The predicted octanol–water partition coefficient (Wildman–Crippen LogP) is 1.88. The maximum Gasteiger partial charge on any atom is 0.311 e. The Morgan fingerprint density at radius 1 is 1.55 bits per heavy atom. The molecule has 20 heavy (non-hydrogen) atoms. The summed E-state index contributed by atoms with van der Waals surface area (Å²) in [7, 11) is 0. The molecule has 0 fully saturated rings. The van der Waals surface area contributed by atoms with Crippen molar-refractivity contribution < 1.29 is 14.3 Å². The lowest BCUT2D eigenvalue weighted by Gasteiger charge is -1.99. The number of halogens is 1. The minimum Gasteiger partial charge on any atom is -0.466 e. The summed E-state index contributed by atoms with van der Waals surface area (Å²) in [5.74, 6) is -0.795. The Labute approximate surface area is 123 Å². The second-order valence-corrected chi connectivity index (χ2v) is 4.94. The average molecular weight is 315 g/mol. The number of rotatable bonds is 5. The van der Waals surface area contributed by atoms with E-state index in [1.165, 1.54) is 17.5 Å². The fourth-order valence-corrected chi connectivity index (χ4v) is 2.28. The summed E-state index contributed by atoms with van der Waals surface area (Å²) in [5, 5.41) is 11.0. The van der Waals surface area contributed by atoms with E-state index in [1.807, 2.05) is 0 Å². The number of nitrogens with zero attached hydrogens (tertiary/aromatic N) is 2. The van der Waals surface area contributed by atoms with Crippen molar-refractivity contribution in [3.8, 4) is 0 Å². The number of anilines is 1. The van der Waals surface area contributed by atoms with Crippen LogP contribution in [-0.2, 0) is 16.0 Å². The molecule has 2 N–H and O–H groups in total. The van der Waals surface area contributed by atoms with Crippen molar-refractivity contribution in [3.05, 3.63) is 28.0 Å². The number of aromatic amines is 1. The summed E-state index contributed by atoms with van der Waals surface area (Å²) in [5.41, 5.74) is 0.702. The van der Waals surface area contributed by atoms with Crippen LogP contribution in [-0.4, -0.2) is 33.7 Å². The predicted molar refractivity (Wildman–Crippen MR) is 74.0 cm³/mol. The van der Waals surface area contributed by atoms with Gasteiger partial charge in [-0.15, -0.1) is 11.3 Å². The highest BCUT2D eigenvalue weighted by Gasteiger charge is 2.15. The molecule has 0 aliphatic carbocycles. The Kier molecular flexibility index (Phi) is 4.70. The van der Waals surface area contributed by atoms with Crippen molar-refractivity contribution in [1.29, 1.82) is 0 Å². The van der Waals surface area contributed by atoms with Gasteiger partial charge in [0.1, 0.15) is 5.69 Å². The maximum absolute atomic E-state index is 11.8. The lowest BCUT2D eigenvalue weighted by molar-refractivity contribution is -0.142. The summed E-state index contributed by atoms with van der Waals surface area (Å²) >= 11 is 6.99. The van der Waals surface area contributed by atoms with Crippen molar-refractivity contribution in [2.75, 3.05) is 11.9 Å². The zero-order valence-corrected chi connectivity index (χ0v) is 12.0. The number of H-pyrrole nitrogens is 1. The summed E-state index contributed by atoms with van der Waals surface area (Å²) in [6.07, 6.45) is 1.41. The van der Waals surface area contributed by atoms with Crippen LogP contribution in [0.5, 0.6) is 0 Å². The molecule has 2 heterocycles. The van der Waals surface area contributed by atoms with Gasteiger partial charge in [0, 0.05) is 5.38 Å². The van der Waals surface area contributed by atoms with Gasteiger partial charge in [-0.05, 0) is 6.92 Å². The first-order chi connectivity index (χ1) is 9.60. The molecule has 0 atom stereocenters. The number of amides is 1. The first-order valence-electron chi connectivity index (χ1n) is 5.70. The summed E-state index contributed by atoms with van der Waals surface area (Å²) in [6.45, 7) is 2.06. The molecule has 9 heteroatoms. The summed E-state index contributed by atoms with van der Waals surface area (Å²) in [6, 6.07) is 0. The van der Waals surface area contributed by atoms with E-state index in [-0.39, 0.29) is 23.1 Å². The monoisotopic (exact) mass is 314 g/mol. The van der Waals surface area contributed by atoms with Gasteiger partial charge in [-0.3, -0.25) is 20.0 Å². The van der Waals surface area contributed by atoms with Crippen LogP contribution in [0.1, 0.15) is 23.1 Å². The van der Waals surface area contributed by atoms with Crippen molar-refractivity contribution in [1.82, 2.24) is 15.2 Å². The van der Waals surface area contributed by atoms with Gasteiger partial charge >= 0.3 is 5.97 Å².